The van der Waals surface area contributed by atoms with Gasteiger partial charge in [0.1, 0.15) is 5.82 Å². The summed E-state index contributed by atoms with van der Waals surface area (Å²) in [6.07, 6.45) is 2.99. The Labute approximate surface area is 72.9 Å². The van der Waals surface area contributed by atoms with Crippen molar-refractivity contribution in [3.05, 3.63) is 30.2 Å². The van der Waals surface area contributed by atoms with Gasteiger partial charge < -0.3 is 4.98 Å². The number of H-pyrrole nitrogens is 1. The maximum absolute atomic E-state index is 13.2. The molecule has 13 heavy (non-hydrogen) atoms. The van der Waals surface area contributed by atoms with Crippen molar-refractivity contribution >= 4 is 22.7 Å². The molecule has 1 heterocycles. The predicted molar refractivity (Wildman–Crippen MR) is 46.0 cm³/mol. The minimum absolute atomic E-state index is 0.277. The smallest absolute Gasteiger partial charge is 0.240 e. The number of benzene rings is 1. The molecule has 4 heteroatoms. The summed E-state index contributed by atoms with van der Waals surface area (Å²) in [5.74, 6) is -0.420. The van der Waals surface area contributed by atoms with E-state index in [1.165, 1.54) is 12.1 Å². The van der Waals surface area contributed by atoms with Crippen molar-refractivity contribution in [2.75, 3.05) is 0 Å². The average Bonchev–Trinajstić information content (AvgIpc) is 2.53. The zero-order valence-corrected chi connectivity index (χ0v) is 6.54. The molecule has 0 aliphatic rings. The first-order chi connectivity index (χ1) is 6.31. The highest BCUT2D eigenvalue weighted by atomic mass is 19.1. The van der Waals surface area contributed by atoms with Crippen LogP contribution in [0.1, 0.15) is 0 Å². The molecule has 0 unspecified atom stereocenters. The fourth-order valence-corrected chi connectivity index (χ4v) is 1.23. The van der Waals surface area contributed by atoms with E-state index in [9.17, 15) is 9.18 Å². The van der Waals surface area contributed by atoms with E-state index in [2.05, 4.69) is 9.98 Å². The van der Waals surface area contributed by atoms with Gasteiger partial charge in [0, 0.05) is 17.6 Å². The molecule has 0 aliphatic heterocycles. The van der Waals surface area contributed by atoms with Gasteiger partial charge in [-0.25, -0.2) is 9.18 Å². The number of nitrogens with zero attached hydrogens (tertiary/aromatic N) is 1. The van der Waals surface area contributed by atoms with E-state index in [1.807, 2.05) is 0 Å². The van der Waals surface area contributed by atoms with Crippen LogP contribution in [-0.2, 0) is 4.79 Å². The summed E-state index contributed by atoms with van der Waals surface area (Å²) in [6.45, 7) is 0. The Morgan fingerprint density at radius 1 is 1.46 bits per heavy atom. The normalized spacial score (nSPS) is 9.92. The molecule has 0 atom stereocenters. The van der Waals surface area contributed by atoms with E-state index in [4.69, 9.17) is 0 Å². The summed E-state index contributed by atoms with van der Waals surface area (Å²) < 4.78 is 13.2. The number of isocyanates is 1. The summed E-state index contributed by atoms with van der Waals surface area (Å²) in [5.41, 5.74) is 0.699. The van der Waals surface area contributed by atoms with Gasteiger partial charge in [-0.3, -0.25) is 0 Å². The number of fused-ring (bicyclic) bond motifs is 1. The molecule has 1 aromatic carbocycles. The van der Waals surface area contributed by atoms with Gasteiger partial charge in [0.15, 0.2) is 0 Å². The number of halogens is 1. The molecule has 0 radical (unpaired) electrons. The third-order valence-electron chi connectivity index (χ3n) is 1.77. The molecular weight excluding hydrogens is 171 g/mol. The van der Waals surface area contributed by atoms with Crippen LogP contribution in [0, 0.1) is 5.82 Å². The highest BCUT2D eigenvalue weighted by Crippen LogP contribution is 2.22. The first kappa shape index (κ1) is 7.71. The van der Waals surface area contributed by atoms with Crippen LogP contribution in [0.5, 0.6) is 0 Å². The summed E-state index contributed by atoms with van der Waals surface area (Å²) in [6, 6.07) is 4.51. The monoisotopic (exact) mass is 176 g/mol. The molecular formula is C9H5FN2O. The molecule has 1 aromatic heterocycles. The fraction of sp³-hybridized carbons (Fsp3) is 0. The molecule has 0 saturated heterocycles. The molecule has 64 valence electrons. The second kappa shape index (κ2) is 2.84. The van der Waals surface area contributed by atoms with E-state index in [0.29, 0.717) is 10.9 Å². The Hall–Kier alpha value is -1.93. The number of hydrogen-bond donors (Lipinski definition) is 1. The summed E-state index contributed by atoms with van der Waals surface area (Å²) in [7, 11) is 0. The predicted octanol–water partition coefficient (Wildman–Crippen LogP) is 2.27. The third-order valence-corrected chi connectivity index (χ3v) is 1.77. The molecule has 0 amide bonds. The lowest BCUT2D eigenvalue weighted by Gasteiger charge is -1.94. The highest BCUT2D eigenvalue weighted by Gasteiger charge is 2.03. The Morgan fingerprint density at radius 3 is 3.08 bits per heavy atom. The van der Waals surface area contributed by atoms with Crippen molar-refractivity contribution in [3.63, 3.8) is 0 Å². The average molecular weight is 176 g/mol. The Bertz CT molecular complexity index is 497. The Balaban J connectivity index is 2.76. The van der Waals surface area contributed by atoms with Gasteiger partial charge in [0.05, 0.1) is 11.2 Å². The summed E-state index contributed by atoms with van der Waals surface area (Å²) in [4.78, 5) is 16.0. The van der Waals surface area contributed by atoms with Crippen LogP contribution in [0.2, 0.25) is 0 Å². The van der Waals surface area contributed by atoms with E-state index in [0.717, 1.165) is 0 Å². The van der Waals surface area contributed by atoms with E-state index >= 15 is 0 Å². The van der Waals surface area contributed by atoms with Crippen molar-refractivity contribution in [2.24, 2.45) is 4.99 Å². The SMILES string of the molecule is O=C=Nc1cc(F)c2[nH]ccc2c1. The lowest BCUT2D eigenvalue weighted by atomic mass is 10.2. The highest BCUT2D eigenvalue weighted by molar-refractivity contribution is 5.83. The Morgan fingerprint density at radius 2 is 2.31 bits per heavy atom. The zero-order chi connectivity index (χ0) is 9.26. The third kappa shape index (κ3) is 1.23. The number of rotatable bonds is 1. The van der Waals surface area contributed by atoms with Gasteiger partial charge in [-0.1, -0.05) is 0 Å². The first-order valence-corrected chi connectivity index (χ1v) is 3.66. The van der Waals surface area contributed by atoms with Crippen LogP contribution < -0.4 is 0 Å². The number of aromatic amines is 1. The standard InChI is InChI=1S/C9H5FN2O/c10-8-4-7(12-5-13)3-6-1-2-11-9(6)8/h1-4,11H. The summed E-state index contributed by atoms with van der Waals surface area (Å²) >= 11 is 0. The quantitative estimate of drug-likeness (QED) is 0.525. The fourth-order valence-electron chi connectivity index (χ4n) is 1.23. The minimum Gasteiger partial charge on any atom is -0.359 e. The molecule has 0 fully saturated rings. The van der Waals surface area contributed by atoms with Gasteiger partial charge in [-0.05, 0) is 12.1 Å². The van der Waals surface area contributed by atoms with Crippen molar-refractivity contribution < 1.29 is 9.18 Å². The van der Waals surface area contributed by atoms with Gasteiger partial charge in [0.25, 0.3) is 0 Å². The minimum atomic E-state index is -0.420. The number of aliphatic imine (C=N–C) groups is 1. The van der Waals surface area contributed by atoms with Gasteiger partial charge in [0.2, 0.25) is 6.08 Å². The van der Waals surface area contributed by atoms with Gasteiger partial charge in [-0.2, -0.15) is 4.99 Å². The van der Waals surface area contributed by atoms with Crippen LogP contribution in [0.25, 0.3) is 10.9 Å². The van der Waals surface area contributed by atoms with Crippen LogP contribution in [0.3, 0.4) is 0 Å². The second-order valence-electron chi connectivity index (χ2n) is 2.57. The second-order valence-corrected chi connectivity index (χ2v) is 2.57. The molecule has 1 N–H and O–H groups in total. The number of aromatic nitrogens is 1. The molecule has 2 aromatic rings. The van der Waals surface area contributed by atoms with Gasteiger partial charge >= 0.3 is 0 Å². The van der Waals surface area contributed by atoms with Crippen molar-refractivity contribution in [1.82, 2.24) is 4.98 Å². The number of nitrogens with one attached hydrogen (secondary N) is 1. The van der Waals surface area contributed by atoms with Crippen molar-refractivity contribution in [1.29, 1.82) is 0 Å². The molecule has 0 aliphatic carbocycles. The summed E-state index contributed by atoms with van der Waals surface area (Å²) in [5, 5.41) is 0.689. The van der Waals surface area contributed by atoms with E-state index < -0.39 is 5.82 Å². The molecule has 0 spiro atoms. The topological polar surface area (TPSA) is 45.2 Å². The first-order valence-electron chi connectivity index (χ1n) is 3.66. The van der Waals surface area contributed by atoms with Gasteiger partial charge in [-0.15, -0.1) is 0 Å². The van der Waals surface area contributed by atoms with Crippen LogP contribution in [0.15, 0.2) is 29.4 Å². The molecule has 3 nitrogen and oxygen atoms in total. The van der Waals surface area contributed by atoms with Crippen molar-refractivity contribution in [3.8, 4) is 0 Å². The van der Waals surface area contributed by atoms with Crippen LogP contribution in [0.4, 0.5) is 10.1 Å². The van der Waals surface area contributed by atoms with Crippen molar-refractivity contribution in [2.45, 2.75) is 0 Å². The maximum Gasteiger partial charge on any atom is 0.240 e. The lowest BCUT2D eigenvalue weighted by Crippen LogP contribution is -1.76. The zero-order valence-electron chi connectivity index (χ0n) is 6.54. The molecule has 0 saturated carbocycles. The van der Waals surface area contributed by atoms with Crippen LogP contribution in [-0.4, -0.2) is 11.1 Å². The van der Waals surface area contributed by atoms with E-state index in [1.54, 1.807) is 18.3 Å². The Kier molecular flexibility index (Phi) is 1.69. The lowest BCUT2D eigenvalue weighted by molar-refractivity contribution is 0.565. The largest absolute Gasteiger partial charge is 0.359 e. The molecule has 2 rings (SSSR count). The maximum atomic E-state index is 13.2. The number of hydrogen-bond acceptors (Lipinski definition) is 2. The molecule has 0 bridgehead atoms. The number of carbonyl (C=O) groups excluding carboxylic acids is 1. The van der Waals surface area contributed by atoms with Crippen LogP contribution >= 0.6 is 0 Å². The van der Waals surface area contributed by atoms with E-state index in [-0.39, 0.29) is 5.69 Å².